The van der Waals surface area contributed by atoms with E-state index in [9.17, 15) is 9.00 Å². The second-order valence-corrected chi connectivity index (χ2v) is 6.76. The first kappa shape index (κ1) is 14.2. The lowest BCUT2D eigenvalue weighted by molar-refractivity contribution is 0.102. The number of Topliss-reactive ketones (excluding diaryl/α,β-unsaturated/α-hetero) is 1. The Labute approximate surface area is 132 Å². The van der Waals surface area contributed by atoms with E-state index < -0.39 is 10.8 Å². The highest BCUT2D eigenvalue weighted by Gasteiger charge is 2.18. The van der Waals surface area contributed by atoms with Gasteiger partial charge in [0.2, 0.25) is 0 Å². The largest absolute Gasteiger partial charge is 0.464 e. The highest BCUT2D eigenvalue weighted by molar-refractivity contribution is 9.10. The summed E-state index contributed by atoms with van der Waals surface area (Å²) in [5, 5.41) is 0.756. The molecule has 1 unspecified atom stereocenters. The van der Waals surface area contributed by atoms with Gasteiger partial charge >= 0.3 is 0 Å². The van der Waals surface area contributed by atoms with Gasteiger partial charge in [0, 0.05) is 9.86 Å². The number of carbonyl (C=O) groups is 1. The first-order valence-electron chi connectivity index (χ1n) is 6.29. The van der Waals surface area contributed by atoms with E-state index in [-0.39, 0.29) is 11.5 Å². The first-order valence-corrected chi connectivity index (χ1v) is 8.40. The molecule has 0 saturated heterocycles. The second-order valence-electron chi connectivity index (χ2n) is 4.49. The fourth-order valence-electron chi connectivity index (χ4n) is 2.10. The third-order valence-electron chi connectivity index (χ3n) is 3.13. The number of carbonyl (C=O) groups excluding carboxylic acids is 1. The van der Waals surface area contributed by atoms with E-state index >= 15 is 0 Å². The van der Waals surface area contributed by atoms with Crippen LogP contribution in [0.5, 0.6) is 0 Å². The lowest BCUT2D eigenvalue weighted by Crippen LogP contribution is -2.11. The smallest absolute Gasteiger partial charge is 0.179 e. The first-order chi connectivity index (χ1) is 10.2. The Bertz CT molecular complexity index is 838. The zero-order valence-corrected chi connectivity index (χ0v) is 13.3. The number of hydrogen-bond donors (Lipinski definition) is 0. The number of para-hydroxylation sites is 1. The van der Waals surface area contributed by atoms with E-state index in [1.807, 2.05) is 30.3 Å². The fraction of sp³-hybridized carbons (Fsp3) is 0.0625. The Morgan fingerprint density at radius 2 is 1.81 bits per heavy atom. The zero-order valence-electron chi connectivity index (χ0n) is 10.9. The van der Waals surface area contributed by atoms with Gasteiger partial charge in [-0.05, 0) is 34.1 Å². The van der Waals surface area contributed by atoms with Gasteiger partial charge in [0.25, 0.3) is 0 Å². The maximum absolute atomic E-state index is 12.3. The average Bonchev–Trinajstić information content (AvgIpc) is 2.91. The number of rotatable bonds is 4. The number of hydrogen-bond acceptors (Lipinski definition) is 3. The van der Waals surface area contributed by atoms with Gasteiger partial charge in [-0.1, -0.05) is 30.3 Å². The molecular weight excluding hydrogens is 352 g/mol. The minimum absolute atomic E-state index is 0.0634. The van der Waals surface area contributed by atoms with Gasteiger partial charge in [0.1, 0.15) is 11.8 Å². The molecule has 3 aromatic rings. The molecule has 0 N–H and O–H groups in total. The molecule has 21 heavy (non-hydrogen) atoms. The predicted octanol–water partition coefficient (Wildman–Crippen LogP) is 4.19. The number of halogens is 1. The summed E-state index contributed by atoms with van der Waals surface area (Å²) in [4.78, 5) is 13.0. The molecular formula is C16H11BrO3S. The average molecular weight is 363 g/mol. The van der Waals surface area contributed by atoms with E-state index in [0.717, 1.165) is 9.86 Å². The summed E-state index contributed by atoms with van der Waals surface area (Å²) in [5.74, 6) is -0.249. The quantitative estimate of drug-likeness (QED) is 0.653. The van der Waals surface area contributed by atoms with Crippen molar-refractivity contribution in [3.63, 3.8) is 0 Å². The van der Waals surface area contributed by atoms with Crippen LogP contribution in [0.2, 0.25) is 0 Å². The summed E-state index contributed by atoms with van der Waals surface area (Å²) >= 11 is 3.35. The molecule has 1 heterocycles. The maximum Gasteiger partial charge on any atom is 0.179 e. The zero-order chi connectivity index (χ0) is 14.8. The van der Waals surface area contributed by atoms with Crippen LogP contribution >= 0.6 is 15.9 Å². The van der Waals surface area contributed by atoms with Crippen LogP contribution < -0.4 is 0 Å². The normalized spacial score (nSPS) is 12.4. The molecule has 0 radical (unpaired) electrons. The van der Waals surface area contributed by atoms with Crippen molar-refractivity contribution in [1.29, 1.82) is 0 Å². The maximum atomic E-state index is 12.3. The molecule has 0 aliphatic heterocycles. The molecule has 0 saturated carbocycles. The lowest BCUT2D eigenvalue weighted by Gasteiger charge is -2.03. The topological polar surface area (TPSA) is 47.3 Å². The summed E-state index contributed by atoms with van der Waals surface area (Å²) in [7, 11) is -1.39. The van der Waals surface area contributed by atoms with Gasteiger partial charge in [-0.15, -0.1) is 0 Å². The number of fused-ring (bicyclic) bond motifs is 1. The summed E-state index contributed by atoms with van der Waals surface area (Å²) in [5.41, 5.74) is 1.14. The van der Waals surface area contributed by atoms with Crippen LogP contribution in [0, 0.1) is 0 Å². The van der Waals surface area contributed by atoms with Crippen molar-refractivity contribution in [2.45, 2.75) is 4.90 Å². The van der Waals surface area contributed by atoms with Crippen molar-refractivity contribution in [2.24, 2.45) is 0 Å². The van der Waals surface area contributed by atoms with Gasteiger partial charge in [-0.3, -0.25) is 9.00 Å². The molecule has 5 heteroatoms. The number of benzene rings is 2. The highest BCUT2D eigenvalue weighted by atomic mass is 79.9. The molecule has 1 atom stereocenters. The van der Waals surface area contributed by atoms with E-state index in [1.54, 1.807) is 18.2 Å². The van der Waals surface area contributed by atoms with Gasteiger partial charge in [0.15, 0.2) is 5.78 Å². The molecule has 0 bridgehead atoms. The van der Waals surface area contributed by atoms with Crippen molar-refractivity contribution in [3.05, 3.63) is 64.8 Å². The number of furan rings is 1. The van der Waals surface area contributed by atoms with Crippen molar-refractivity contribution in [3.8, 4) is 0 Å². The van der Waals surface area contributed by atoms with Crippen LogP contribution in [-0.2, 0) is 10.8 Å². The minimum atomic E-state index is -1.39. The fourth-order valence-corrected chi connectivity index (χ4v) is 3.99. The molecule has 0 spiro atoms. The Morgan fingerprint density at radius 1 is 1.10 bits per heavy atom. The van der Waals surface area contributed by atoms with Gasteiger partial charge in [-0.25, -0.2) is 0 Å². The van der Waals surface area contributed by atoms with Crippen LogP contribution in [0.4, 0.5) is 0 Å². The monoisotopic (exact) mass is 362 g/mol. The third kappa shape index (κ3) is 2.84. The van der Waals surface area contributed by atoms with Crippen LogP contribution in [0.15, 0.2) is 68.6 Å². The minimum Gasteiger partial charge on any atom is -0.464 e. The summed E-state index contributed by atoms with van der Waals surface area (Å²) in [6.45, 7) is 0. The van der Waals surface area contributed by atoms with Crippen LogP contribution in [-0.4, -0.2) is 15.7 Å². The van der Waals surface area contributed by atoms with Crippen LogP contribution in [0.3, 0.4) is 0 Å². The van der Waals surface area contributed by atoms with E-state index in [0.29, 0.717) is 16.0 Å². The van der Waals surface area contributed by atoms with Crippen LogP contribution in [0.25, 0.3) is 11.0 Å². The third-order valence-corrected chi connectivity index (χ3v) is 5.45. The van der Waals surface area contributed by atoms with E-state index in [4.69, 9.17) is 4.42 Å². The standard InChI is InChI=1S/C16H11BrO3S/c17-13-6-2-4-8-16(13)21(19)10-14(18)12-9-20-15-7-3-1-5-11(12)15/h1-9H,10H2. The molecule has 0 aliphatic carbocycles. The van der Waals surface area contributed by atoms with Crippen molar-refractivity contribution >= 4 is 43.5 Å². The highest BCUT2D eigenvalue weighted by Crippen LogP contribution is 2.23. The van der Waals surface area contributed by atoms with Gasteiger partial charge < -0.3 is 4.42 Å². The van der Waals surface area contributed by atoms with E-state index in [1.165, 1.54) is 6.26 Å². The lowest BCUT2D eigenvalue weighted by atomic mass is 10.1. The Morgan fingerprint density at radius 3 is 2.62 bits per heavy atom. The number of ketones is 1. The van der Waals surface area contributed by atoms with Crippen LogP contribution in [0.1, 0.15) is 10.4 Å². The predicted molar refractivity (Wildman–Crippen MR) is 86.0 cm³/mol. The Kier molecular flexibility index (Phi) is 4.03. The molecule has 0 amide bonds. The van der Waals surface area contributed by atoms with Crippen molar-refractivity contribution in [2.75, 3.05) is 5.75 Å². The van der Waals surface area contributed by atoms with Crippen molar-refractivity contribution in [1.82, 2.24) is 0 Å². The Balaban J connectivity index is 1.87. The Hall–Kier alpha value is -1.72. The molecule has 3 rings (SSSR count). The molecule has 106 valence electrons. The SMILES string of the molecule is O=C(CS(=O)c1ccccc1Br)c1coc2ccccc12. The molecule has 2 aromatic carbocycles. The van der Waals surface area contributed by atoms with Gasteiger partial charge in [-0.2, -0.15) is 0 Å². The molecule has 1 aromatic heterocycles. The van der Waals surface area contributed by atoms with Crippen molar-refractivity contribution < 1.29 is 13.4 Å². The molecule has 0 fully saturated rings. The molecule has 0 aliphatic rings. The van der Waals surface area contributed by atoms with Gasteiger partial charge in [0.05, 0.1) is 27.0 Å². The second kappa shape index (κ2) is 5.95. The summed E-state index contributed by atoms with van der Waals surface area (Å²) in [6.07, 6.45) is 1.43. The summed E-state index contributed by atoms with van der Waals surface area (Å²) in [6, 6.07) is 14.5. The summed E-state index contributed by atoms with van der Waals surface area (Å²) < 4.78 is 18.4. The van der Waals surface area contributed by atoms with E-state index in [2.05, 4.69) is 15.9 Å². The molecule has 3 nitrogen and oxygen atoms in total.